The van der Waals surface area contributed by atoms with Crippen LogP contribution in [0.2, 0.25) is 0 Å². The average Bonchev–Trinajstić information content (AvgIpc) is 2.90. The molecular formula is C28H22BrN3O7. The van der Waals surface area contributed by atoms with Gasteiger partial charge in [0, 0.05) is 5.69 Å². The van der Waals surface area contributed by atoms with Crippen LogP contribution in [-0.4, -0.2) is 43.4 Å². The smallest absolute Gasteiger partial charge is 0.337 e. The number of benzene rings is 3. The van der Waals surface area contributed by atoms with E-state index in [-0.39, 0.29) is 29.3 Å². The number of rotatable bonds is 7. The number of carbonyl (C=O) groups is 5. The van der Waals surface area contributed by atoms with E-state index in [0.29, 0.717) is 21.5 Å². The van der Waals surface area contributed by atoms with Gasteiger partial charge in [-0.3, -0.25) is 19.7 Å². The van der Waals surface area contributed by atoms with Crippen molar-refractivity contribution in [1.29, 1.82) is 0 Å². The zero-order chi connectivity index (χ0) is 28.1. The summed E-state index contributed by atoms with van der Waals surface area (Å²) in [6.45, 7) is 1.68. The molecule has 1 heterocycles. The van der Waals surface area contributed by atoms with E-state index >= 15 is 0 Å². The predicted octanol–water partition coefficient (Wildman–Crippen LogP) is 4.23. The third-order valence-electron chi connectivity index (χ3n) is 5.58. The number of esters is 1. The Morgan fingerprint density at radius 1 is 1.03 bits per heavy atom. The maximum Gasteiger partial charge on any atom is 0.337 e. The number of halogens is 1. The summed E-state index contributed by atoms with van der Waals surface area (Å²) >= 11 is 3.38. The van der Waals surface area contributed by atoms with Crippen LogP contribution in [0.3, 0.4) is 0 Å². The summed E-state index contributed by atoms with van der Waals surface area (Å²) in [4.78, 5) is 62.8. The molecule has 2 N–H and O–H groups in total. The first kappa shape index (κ1) is 27.3. The number of hydrogen-bond acceptors (Lipinski definition) is 7. The highest BCUT2D eigenvalue weighted by molar-refractivity contribution is 9.10. The highest BCUT2D eigenvalue weighted by Crippen LogP contribution is 2.28. The lowest BCUT2D eigenvalue weighted by Gasteiger charge is -2.26. The molecular weight excluding hydrogens is 570 g/mol. The summed E-state index contributed by atoms with van der Waals surface area (Å²) in [5.74, 6) is -2.22. The first-order valence-electron chi connectivity index (χ1n) is 11.5. The second kappa shape index (κ2) is 11.7. The minimum Gasteiger partial charge on any atom is -0.483 e. The van der Waals surface area contributed by atoms with Gasteiger partial charge in [-0.25, -0.2) is 14.5 Å². The Morgan fingerprint density at radius 3 is 2.44 bits per heavy atom. The lowest BCUT2D eigenvalue weighted by Crippen LogP contribution is -2.54. The Morgan fingerprint density at radius 2 is 1.77 bits per heavy atom. The van der Waals surface area contributed by atoms with Crippen molar-refractivity contribution in [3.63, 3.8) is 0 Å². The van der Waals surface area contributed by atoms with Crippen LogP contribution in [0.4, 0.5) is 16.2 Å². The average molecular weight is 592 g/mol. The zero-order valence-electron chi connectivity index (χ0n) is 20.8. The van der Waals surface area contributed by atoms with Gasteiger partial charge in [0.05, 0.1) is 22.8 Å². The normalized spacial score (nSPS) is 14.2. The summed E-state index contributed by atoms with van der Waals surface area (Å²) in [6, 6.07) is 16.8. The Bertz CT molecular complexity index is 1520. The molecule has 10 nitrogen and oxygen atoms in total. The number of urea groups is 1. The number of barbiturate groups is 1. The van der Waals surface area contributed by atoms with Crippen molar-refractivity contribution in [3.8, 4) is 5.75 Å². The summed E-state index contributed by atoms with van der Waals surface area (Å²) < 4.78 is 10.7. The molecule has 0 saturated carbocycles. The third-order valence-corrected chi connectivity index (χ3v) is 6.20. The van der Waals surface area contributed by atoms with Crippen LogP contribution in [0.5, 0.6) is 5.75 Å². The van der Waals surface area contributed by atoms with E-state index in [1.165, 1.54) is 37.5 Å². The molecule has 39 heavy (non-hydrogen) atoms. The van der Waals surface area contributed by atoms with Gasteiger partial charge in [0.2, 0.25) is 0 Å². The molecule has 0 aromatic heterocycles. The van der Waals surface area contributed by atoms with Gasteiger partial charge in [0.25, 0.3) is 17.7 Å². The lowest BCUT2D eigenvalue weighted by atomic mass is 10.1. The van der Waals surface area contributed by atoms with Gasteiger partial charge in [-0.1, -0.05) is 18.2 Å². The SMILES string of the molecule is COC(=O)c1ccc(N2C(=O)NC(=O)/C(=C\c3ccc(OCC(=O)Nc4cccc(C)c4)c(Br)c3)C2=O)cc1. The van der Waals surface area contributed by atoms with Crippen LogP contribution < -0.4 is 20.3 Å². The molecule has 1 saturated heterocycles. The van der Waals surface area contributed by atoms with E-state index in [9.17, 15) is 24.0 Å². The molecule has 1 fully saturated rings. The second-order valence-electron chi connectivity index (χ2n) is 8.39. The van der Waals surface area contributed by atoms with Crippen molar-refractivity contribution in [1.82, 2.24) is 5.32 Å². The van der Waals surface area contributed by atoms with Gasteiger partial charge < -0.3 is 14.8 Å². The molecule has 0 bridgehead atoms. The zero-order valence-corrected chi connectivity index (χ0v) is 22.4. The van der Waals surface area contributed by atoms with Crippen LogP contribution in [0.1, 0.15) is 21.5 Å². The van der Waals surface area contributed by atoms with E-state index in [0.717, 1.165) is 10.5 Å². The number of carbonyl (C=O) groups excluding carboxylic acids is 5. The number of anilines is 2. The number of amides is 5. The quantitative estimate of drug-likeness (QED) is 0.239. The van der Waals surface area contributed by atoms with E-state index in [2.05, 4.69) is 31.3 Å². The highest BCUT2D eigenvalue weighted by atomic mass is 79.9. The number of methoxy groups -OCH3 is 1. The maximum atomic E-state index is 13.1. The molecule has 3 aromatic carbocycles. The number of imide groups is 2. The van der Waals surface area contributed by atoms with Crippen LogP contribution >= 0.6 is 15.9 Å². The molecule has 0 atom stereocenters. The summed E-state index contributed by atoms with van der Waals surface area (Å²) in [5.41, 5.74) is 2.26. The predicted molar refractivity (Wildman–Crippen MR) is 146 cm³/mol. The second-order valence-corrected chi connectivity index (χ2v) is 9.25. The first-order valence-corrected chi connectivity index (χ1v) is 12.3. The minimum atomic E-state index is -0.915. The topological polar surface area (TPSA) is 131 Å². The van der Waals surface area contributed by atoms with E-state index in [4.69, 9.17) is 4.74 Å². The fraction of sp³-hybridized carbons (Fsp3) is 0.107. The van der Waals surface area contributed by atoms with Crippen molar-refractivity contribution in [2.24, 2.45) is 0 Å². The number of ether oxygens (including phenoxy) is 2. The van der Waals surface area contributed by atoms with Gasteiger partial charge in [-0.05, 0) is 88.6 Å². The molecule has 1 aliphatic heterocycles. The van der Waals surface area contributed by atoms with Crippen LogP contribution in [0, 0.1) is 6.92 Å². The summed E-state index contributed by atoms with van der Waals surface area (Å²) in [7, 11) is 1.24. The number of nitrogens with one attached hydrogen (secondary N) is 2. The van der Waals surface area contributed by atoms with Gasteiger partial charge >= 0.3 is 12.0 Å². The van der Waals surface area contributed by atoms with Crippen molar-refractivity contribution in [2.45, 2.75) is 6.92 Å². The van der Waals surface area contributed by atoms with Crippen molar-refractivity contribution >= 4 is 63.1 Å². The maximum absolute atomic E-state index is 13.1. The van der Waals surface area contributed by atoms with Gasteiger partial charge in [0.15, 0.2) is 6.61 Å². The number of aryl methyl sites for hydroxylation is 1. The Hall–Kier alpha value is -4.77. The van der Waals surface area contributed by atoms with Crippen molar-refractivity contribution < 1.29 is 33.4 Å². The van der Waals surface area contributed by atoms with Crippen LogP contribution in [0.15, 0.2) is 76.8 Å². The fourth-order valence-electron chi connectivity index (χ4n) is 3.71. The summed E-state index contributed by atoms with van der Waals surface area (Å²) in [5, 5.41) is 4.90. The fourth-order valence-corrected chi connectivity index (χ4v) is 4.22. The van der Waals surface area contributed by atoms with Gasteiger partial charge in [-0.15, -0.1) is 0 Å². The molecule has 3 aromatic rings. The minimum absolute atomic E-state index is 0.164. The van der Waals surface area contributed by atoms with Crippen molar-refractivity contribution in [3.05, 3.63) is 93.5 Å². The molecule has 4 rings (SSSR count). The monoisotopic (exact) mass is 591 g/mol. The van der Waals surface area contributed by atoms with Crippen molar-refractivity contribution in [2.75, 3.05) is 23.9 Å². The molecule has 0 unspecified atom stereocenters. The lowest BCUT2D eigenvalue weighted by molar-refractivity contribution is -0.122. The number of nitrogens with zero attached hydrogens (tertiary/aromatic N) is 1. The van der Waals surface area contributed by atoms with Crippen LogP contribution in [-0.2, 0) is 19.1 Å². The molecule has 11 heteroatoms. The molecule has 5 amide bonds. The Balaban J connectivity index is 1.48. The Labute approximate surface area is 231 Å². The summed E-state index contributed by atoms with van der Waals surface area (Å²) in [6.07, 6.45) is 1.33. The van der Waals surface area contributed by atoms with Gasteiger partial charge in [0.1, 0.15) is 11.3 Å². The molecule has 1 aliphatic rings. The van der Waals surface area contributed by atoms with Crippen LogP contribution in [0.25, 0.3) is 6.08 Å². The highest BCUT2D eigenvalue weighted by Gasteiger charge is 2.36. The Kier molecular flexibility index (Phi) is 8.21. The standard InChI is InChI=1S/C28H22BrN3O7/c1-16-4-3-5-19(12-16)30-24(33)15-39-23-11-6-17(14-22(23)29)13-21-25(34)31-28(37)32(26(21)35)20-9-7-18(8-10-20)27(36)38-2/h3-14H,15H2,1-2H3,(H,30,33)(H,31,34,37)/b21-13+. The third kappa shape index (κ3) is 6.39. The first-order chi connectivity index (χ1) is 18.7. The van der Waals surface area contributed by atoms with Gasteiger partial charge in [-0.2, -0.15) is 0 Å². The molecule has 198 valence electrons. The molecule has 0 radical (unpaired) electrons. The van der Waals surface area contributed by atoms with E-state index in [1.807, 2.05) is 25.1 Å². The molecule has 0 spiro atoms. The van der Waals surface area contributed by atoms with E-state index in [1.54, 1.807) is 24.3 Å². The largest absolute Gasteiger partial charge is 0.483 e. The molecule has 0 aliphatic carbocycles. The van der Waals surface area contributed by atoms with E-state index < -0.39 is 23.8 Å². The number of hydrogen-bond donors (Lipinski definition) is 2.